The summed E-state index contributed by atoms with van der Waals surface area (Å²) >= 11 is 7.11. The van der Waals surface area contributed by atoms with Crippen LogP contribution in [-0.2, 0) is 0 Å². The predicted molar refractivity (Wildman–Crippen MR) is 85.9 cm³/mol. The summed E-state index contributed by atoms with van der Waals surface area (Å²) in [5.74, 6) is 1.52. The number of anilines is 1. The maximum atomic E-state index is 9.16. The first kappa shape index (κ1) is 14.9. The Morgan fingerprint density at radius 1 is 1.41 bits per heavy atom. The third-order valence-corrected chi connectivity index (χ3v) is 4.60. The van der Waals surface area contributed by atoms with E-state index in [1.165, 1.54) is 11.5 Å². The number of halogens is 1. The summed E-state index contributed by atoms with van der Waals surface area (Å²) in [4.78, 5) is 0. The molecule has 0 bridgehead atoms. The molecule has 7 heteroatoms. The van der Waals surface area contributed by atoms with Gasteiger partial charge in [0.15, 0.2) is 16.7 Å². The number of aromatic nitrogens is 1. The largest absolute Gasteiger partial charge is 0.486 e. The Hall–Kier alpha value is -1.97. The van der Waals surface area contributed by atoms with E-state index in [0.29, 0.717) is 23.8 Å². The van der Waals surface area contributed by atoms with Crippen LogP contribution in [0, 0.1) is 11.3 Å². The number of hydrogen-bond acceptors (Lipinski definition) is 6. The quantitative estimate of drug-likeness (QED) is 0.914. The summed E-state index contributed by atoms with van der Waals surface area (Å²) in [6.45, 7) is 3.21. The zero-order valence-corrected chi connectivity index (χ0v) is 13.5. The maximum Gasteiger partial charge on any atom is 0.162 e. The van der Waals surface area contributed by atoms with Crippen molar-refractivity contribution in [3.05, 3.63) is 34.5 Å². The highest BCUT2D eigenvalue weighted by molar-refractivity contribution is 7.10. The van der Waals surface area contributed by atoms with E-state index >= 15 is 0 Å². The third kappa shape index (κ3) is 2.82. The van der Waals surface area contributed by atoms with Gasteiger partial charge in [-0.15, -0.1) is 0 Å². The smallest absolute Gasteiger partial charge is 0.162 e. The Morgan fingerprint density at radius 3 is 2.91 bits per heavy atom. The van der Waals surface area contributed by atoms with Gasteiger partial charge in [0.05, 0.1) is 6.04 Å². The highest BCUT2D eigenvalue weighted by Gasteiger charge is 2.19. The lowest BCUT2D eigenvalue weighted by Crippen LogP contribution is -2.16. The molecule has 0 aliphatic carbocycles. The van der Waals surface area contributed by atoms with Crippen LogP contribution < -0.4 is 14.8 Å². The van der Waals surface area contributed by atoms with Crippen LogP contribution in [0.15, 0.2) is 18.2 Å². The molecule has 0 amide bonds. The molecule has 114 valence electrons. The van der Waals surface area contributed by atoms with Gasteiger partial charge in [0.1, 0.15) is 29.8 Å². The first-order chi connectivity index (χ1) is 10.7. The molecule has 5 nitrogen and oxygen atoms in total. The van der Waals surface area contributed by atoms with Crippen LogP contribution in [-0.4, -0.2) is 17.6 Å². The average Bonchev–Trinajstić information content (AvgIpc) is 2.91. The van der Waals surface area contributed by atoms with E-state index < -0.39 is 0 Å². The van der Waals surface area contributed by atoms with E-state index in [1.54, 1.807) is 0 Å². The van der Waals surface area contributed by atoms with Gasteiger partial charge >= 0.3 is 0 Å². The van der Waals surface area contributed by atoms with Crippen molar-refractivity contribution in [2.24, 2.45) is 0 Å². The topological polar surface area (TPSA) is 67.2 Å². The minimum atomic E-state index is 0.0412. The number of nitrogens with zero attached hydrogens (tertiary/aromatic N) is 2. The minimum Gasteiger partial charge on any atom is -0.486 e. The van der Waals surface area contributed by atoms with Crippen LogP contribution in [0.5, 0.6) is 11.5 Å². The molecule has 22 heavy (non-hydrogen) atoms. The monoisotopic (exact) mass is 335 g/mol. The van der Waals surface area contributed by atoms with Crippen molar-refractivity contribution in [3.63, 3.8) is 0 Å². The maximum absolute atomic E-state index is 9.16. The molecule has 1 aliphatic heterocycles. The number of rotatable bonds is 4. The summed E-state index contributed by atoms with van der Waals surface area (Å²) in [5.41, 5.74) is 1.46. The van der Waals surface area contributed by atoms with Crippen molar-refractivity contribution in [1.29, 1.82) is 5.26 Å². The molecule has 0 saturated carbocycles. The van der Waals surface area contributed by atoms with Crippen molar-refractivity contribution in [2.45, 2.75) is 19.4 Å². The molecule has 1 aliphatic rings. The fourth-order valence-corrected chi connectivity index (χ4v) is 3.31. The second-order valence-electron chi connectivity index (χ2n) is 4.80. The van der Waals surface area contributed by atoms with Crippen LogP contribution >= 0.6 is 23.1 Å². The van der Waals surface area contributed by atoms with Crippen LogP contribution in [0.1, 0.15) is 30.5 Å². The Balaban J connectivity index is 1.86. The second kappa shape index (κ2) is 6.42. The van der Waals surface area contributed by atoms with E-state index in [1.807, 2.05) is 18.2 Å². The van der Waals surface area contributed by atoms with Crippen LogP contribution in [0.2, 0.25) is 5.15 Å². The number of fused-ring (bicyclic) bond motifs is 1. The number of ether oxygens (including phenoxy) is 2. The zero-order chi connectivity index (χ0) is 15.5. The summed E-state index contributed by atoms with van der Waals surface area (Å²) in [6, 6.07) is 8.02. The number of nitrogens with one attached hydrogen (secondary N) is 1. The Morgan fingerprint density at radius 2 is 2.18 bits per heavy atom. The van der Waals surface area contributed by atoms with Crippen molar-refractivity contribution in [2.75, 3.05) is 18.5 Å². The molecule has 2 aromatic rings. The minimum absolute atomic E-state index is 0.0412. The molecular weight excluding hydrogens is 322 g/mol. The van der Waals surface area contributed by atoms with E-state index in [2.05, 4.69) is 22.7 Å². The first-order valence-electron chi connectivity index (χ1n) is 6.94. The first-order valence-corrected chi connectivity index (χ1v) is 8.09. The normalized spacial score (nSPS) is 14.2. The lowest BCUT2D eigenvalue weighted by Gasteiger charge is -2.22. The van der Waals surface area contributed by atoms with Gasteiger partial charge in [0.2, 0.25) is 0 Å². The van der Waals surface area contributed by atoms with Crippen molar-refractivity contribution in [3.8, 4) is 17.6 Å². The number of nitriles is 1. The molecule has 0 radical (unpaired) electrons. The molecule has 1 N–H and O–H groups in total. The fraction of sp³-hybridized carbons (Fsp3) is 0.333. The van der Waals surface area contributed by atoms with Gasteiger partial charge < -0.3 is 14.8 Å². The summed E-state index contributed by atoms with van der Waals surface area (Å²) < 4.78 is 15.2. The lowest BCUT2D eigenvalue weighted by molar-refractivity contribution is 0.171. The molecule has 1 unspecified atom stereocenters. The van der Waals surface area contributed by atoms with Gasteiger partial charge in [-0.05, 0) is 35.6 Å². The lowest BCUT2D eigenvalue weighted by atomic mass is 10.0. The van der Waals surface area contributed by atoms with E-state index in [9.17, 15) is 0 Å². The molecule has 0 fully saturated rings. The van der Waals surface area contributed by atoms with Gasteiger partial charge in [-0.25, -0.2) is 0 Å². The van der Waals surface area contributed by atoms with Gasteiger partial charge in [-0.3, -0.25) is 0 Å². The molecule has 1 atom stereocenters. The van der Waals surface area contributed by atoms with Crippen molar-refractivity contribution in [1.82, 2.24) is 4.37 Å². The van der Waals surface area contributed by atoms with E-state index in [4.69, 9.17) is 26.3 Å². The Bertz CT molecular complexity index is 726. The van der Waals surface area contributed by atoms with Gasteiger partial charge in [0.25, 0.3) is 0 Å². The van der Waals surface area contributed by atoms with E-state index in [0.717, 1.165) is 23.5 Å². The molecule has 2 heterocycles. The predicted octanol–water partition coefficient (Wildman–Crippen LogP) is 4.00. The summed E-state index contributed by atoms with van der Waals surface area (Å²) in [7, 11) is 0. The fourth-order valence-electron chi connectivity index (χ4n) is 2.32. The SMILES string of the molecule is CCC(Nc1snc(Cl)c1C#N)c1ccc2c(c1)OCCO2. The van der Waals surface area contributed by atoms with E-state index in [-0.39, 0.29) is 11.2 Å². The molecule has 0 saturated heterocycles. The highest BCUT2D eigenvalue weighted by Crippen LogP contribution is 2.36. The van der Waals surface area contributed by atoms with Crippen LogP contribution in [0.3, 0.4) is 0 Å². The summed E-state index contributed by atoms with van der Waals surface area (Å²) in [6.07, 6.45) is 0.847. The van der Waals surface area contributed by atoms with Crippen LogP contribution in [0.4, 0.5) is 5.00 Å². The molecule has 0 spiro atoms. The Kier molecular flexibility index (Phi) is 4.36. The average molecular weight is 336 g/mol. The van der Waals surface area contributed by atoms with Gasteiger partial charge in [0, 0.05) is 0 Å². The third-order valence-electron chi connectivity index (χ3n) is 3.44. The standard InChI is InChI=1S/C15H14ClN3O2S/c1-2-11(18-15-10(8-17)14(16)19-22-15)9-3-4-12-13(7-9)21-6-5-20-12/h3-4,7,11,18H,2,5-6H2,1H3. The number of hydrogen-bond donors (Lipinski definition) is 1. The van der Waals surface area contributed by atoms with Gasteiger partial charge in [-0.2, -0.15) is 9.64 Å². The zero-order valence-electron chi connectivity index (χ0n) is 11.9. The Labute approximate surface area is 137 Å². The molecule has 1 aromatic heterocycles. The highest BCUT2D eigenvalue weighted by atomic mass is 35.5. The van der Waals surface area contributed by atoms with Crippen molar-refractivity contribution >= 4 is 28.1 Å². The molecule has 3 rings (SSSR count). The molecular formula is C15H14ClN3O2S. The van der Waals surface area contributed by atoms with Crippen LogP contribution in [0.25, 0.3) is 0 Å². The molecule has 1 aromatic carbocycles. The summed E-state index contributed by atoms with van der Waals surface area (Å²) in [5, 5.41) is 13.4. The van der Waals surface area contributed by atoms with Crippen molar-refractivity contribution < 1.29 is 9.47 Å². The van der Waals surface area contributed by atoms with Gasteiger partial charge in [-0.1, -0.05) is 24.6 Å². The number of benzene rings is 1. The second-order valence-corrected chi connectivity index (χ2v) is 5.93.